The summed E-state index contributed by atoms with van der Waals surface area (Å²) >= 11 is 3.54. The molecule has 114 valence electrons. The highest BCUT2D eigenvalue weighted by molar-refractivity contribution is 9.09. The van der Waals surface area contributed by atoms with Crippen LogP contribution < -0.4 is 4.72 Å². The Balaban J connectivity index is 1.98. The minimum absolute atomic E-state index is 0.167. The van der Waals surface area contributed by atoms with Crippen LogP contribution in [-0.4, -0.2) is 30.3 Å². The largest absolute Gasteiger partial charge is 0.332 e. The van der Waals surface area contributed by atoms with Crippen LogP contribution in [0, 0.1) is 11.8 Å². The van der Waals surface area contributed by atoms with E-state index in [1.165, 1.54) is 25.5 Å². The molecule has 1 aromatic rings. The van der Waals surface area contributed by atoms with Crippen LogP contribution in [0.2, 0.25) is 0 Å². The molecule has 2 unspecified atom stereocenters. The fraction of sp³-hybridized carbons (Fsp3) is 0.769. The van der Waals surface area contributed by atoms with Crippen LogP contribution in [0.5, 0.6) is 0 Å². The Morgan fingerprint density at radius 3 is 2.70 bits per heavy atom. The first-order valence-electron chi connectivity index (χ1n) is 7.16. The fourth-order valence-corrected chi connectivity index (χ4v) is 4.60. The SMILES string of the molecule is CCc1ncc(S(=O)(=O)NCC2CCCCC2CBr)[nH]1. The predicted molar refractivity (Wildman–Crippen MR) is 82.4 cm³/mol. The molecule has 0 bridgehead atoms. The maximum atomic E-state index is 12.2. The third kappa shape index (κ3) is 3.83. The molecule has 1 saturated carbocycles. The lowest BCUT2D eigenvalue weighted by Gasteiger charge is -2.30. The number of alkyl halides is 1. The van der Waals surface area contributed by atoms with E-state index in [9.17, 15) is 8.42 Å². The summed E-state index contributed by atoms with van der Waals surface area (Å²) in [5.74, 6) is 1.69. The highest BCUT2D eigenvalue weighted by Crippen LogP contribution is 2.31. The van der Waals surface area contributed by atoms with Crippen molar-refractivity contribution in [3.63, 3.8) is 0 Å². The molecule has 0 spiro atoms. The van der Waals surface area contributed by atoms with E-state index in [4.69, 9.17) is 0 Å². The van der Waals surface area contributed by atoms with E-state index in [2.05, 4.69) is 30.6 Å². The molecule has 2 rings (SSSR count). The molecule has 20 heavy (non-hydrogen) atoms. The van der Waals surface area contributed by atoms with Crippen LogP contribution in [0.15, 0.2) is 11.2 Å². The third-order valence-electron chi connectivity index (χ3n) is 4.03. The average molecular weight is 364 g/mol. The summed E-state index contributed by atoms with van der Waals surface area (Å²) in [6.45, 7) is 2.45. The topological polar surface area (TPSA) is 74.8 Å². The summed E-state index contributed by atoms with van der Waals surface area (Å²) in [6.07, 6.45) is 6.82. The number of sulfonamides is 1. The van der Waals surface area contributed by atoms with Gasteiger partial charge in [0.1, 0.15) is 5.82 Å². The second kappa shape index (κ2) is 7.04. The van der Waals surface area contributed by atoms with Crippen LogP contribution in [0.1, 0.15) is 38.4 Å². The Morgan fingerprint density at radius 1 is 1.40 bits per heavy atom. The smallest absolute Gasteiger partial charge is 0.257 e. The van der Waals surface area contributed by atoms with Crippen LogP contribution in [0.4, 0.5) is 0 Å². The van der Waals surface area contributed by atoms with Crippen LogP contribution in [0.3, 0.4) is 0 Å². The maximum Gasteiger partial charge on any atom is 0.257 e. The van der Waals surface area contributed by atoms with Crippen LogP contribution >= 0.6 is 15.9 Å². The Bertz CT molecular complexity index is 529. The highest BCUT2D eigenvalue weighted by Gasteiger charge is 2.26. The van der Waals surface area contributed by atoms with E-state index in [1.54, 1.807) is 0 Å². The molecule has 0 aliphatic heterocycles. The molecule has 1 aromatic heterocycles. The highest BCUT2D eigenvalue weighted by atomic mass is 79.9. The molecular formula is C13H22BrN3O2S. The molecule has 1 heterocycles. The standard InChI is InChI=1S/C13H22BrN3O2S/c1-2-12-15-9-13(17-12)20(18,19)16-8-11-6-4-3-5-10(11)7-14/h9-11,16H,2-8H2,1H3,(H,15,17). The number of aryl methyl sites for hydroxylation is 1. The molecule has 1 fully saturated rings. The van der Waals surface area contributed by atoms with Gasteiger partial charge < -0.3 is 4.98 Å². The van der Waals surface area contributed by atoms with Crippen LogP contribution in [-0.2, 0) is 16.4 Å². The van der Waals surface area contributed by atoms with Crippen molar-refractivity contribution in [3.05, 3.63) is 12.0 Å². The Labute approximate surface area is 129 Å². The monoisotopic (exact) mass is 363 g/mol. The van der Waals surface area contributed by atoms with Gasteiger partial charge in [-0.15, -0.1) is 0 Å². The number of aromatic amines is 1. The second-order valence-corrected chi connectivity index (χ2v) is 7.74. The summed E-state index contributed by atoms with van der Waals surface area (Å²) in [4.78, 5) is 6.89. The molecule has 0 amide bonds. The normalized spacial score (nSPS) is 23.9. The number of nitrogens with one attached hydrogen (secondary N) is 2. The molecule has 0 aromatic carbocycles. The summed E-state index contributed by atoms with van der Waals surface area (Å²) in [7, 11) is -3.46. The van der Waals surface area contributed by atoms with Gasteiger partial charge in [0.25, 0.3) is 10.0 Å². The van der Waals surface area contributed by atoms with Gasteiger partial charge in [-0.1, -0.05) is 35.7 Å². The zero-order valence-corrected chi connectivity index (χ0v) is 14.1. The molecule has 0 saturated heterocycles. The van der Waals surface area contributed by atoms with Gasteiger partial charge in [-0.2, -0.15) is 0 Å². The number of aromatic nitrogens is 2. The molecule has 2 atom stereocenters. The minimum atomic E-state index is -3.46. The first-order chi connectivity index (χ1) is 9.56. The quantitative estimate of drug-likeness (QED) is 0.762. The molecule has 7 heteroatoms. The Kier molecular flexibility index (Phi) is 5.63. The number of H-pyrrole nitrogens is 1. The van der Waals surface area contributed by atoms with Crippen molar-refractivity contribution >= 4 is 26.0 Å². The number of halogens is 1. The number of hydrogen-bond acceptors (Lipinski definition) is 3. The molecule has 1 aliphatic carbocycles. The van der Waals surface area contributed by atoms with Gasteiger partial charge in [0, 0.05) is 18.3 Å². The van der Waals surface area contributed by atoms with Gasteiger partial charge in [-0.25, -0.2) is 18.1 Å². The van der Waals surface area contributed by atoms with E-state index in [0.29, 0.717) is 30.6 Å². The van der Waals surface area contributed by atoms with Crippen LogP contribution in [0.25, 0.3) is 0 Å². The van der Waals surface area contributed by atoms with Gasteiger partial charge in [-0.05, 0) is 24.7 Å². The van der Waals surface area contributed by atoms with E-state index in [0.717, 1.165) is 11.8 Å². The van der Waals surface area contributed by atoms with Crippen molar-refractivity contribution in [1.29, 1.82) is 0 Å². The Hall–Kier alpha value is -0.400. The number of rotatable bonds is 6. The summed E-state index contributed by atoms with van der Waals surface area (Å²) in [6, 6.07) is 0. The van der Waals surface area contributed by atoms with Gasteiger partial charge in [-0.3, -0.25) is 0 Å². The lowest BCUT2D eigenvalue weighted by Crippen LogP contribution is -2.35. The number of imidazole rings is 1. The summed E-state index contributed by atoms with van der Waals surface area (Å²) < 4.78 is 27.1. The van der Waals surface area contributed by atoms with Gasteiger partial charge in [0.15, 0.2) is 5.03 Å². The first kappa shape index (κ1) is 16.0. The predicted octanol–water partition coefficient (Wildman–Crippen LogP) is 2.45. The minimum Gasteiger partial charge on any atom is -0.332 e. The fourth-order valence-electron chi connectivity index (χ4n) is 2.71. The summed E-state index contributed by atoms with van der Waals surface area (Å²) in [5.41, 5.74) is 0. The molecule has 2 N–H and O–H groups in total. The van der Waals surface area contributed by atoms with Crippen molar-refractivity contribution in [2.24, 2.45) is 11.8 Å². The lowest BCUT2D eigenvalue weighted by atomic mass is 9.80. The van der Waals surface area contributed by atoms with Crippen molar-refractivity contribution in [3.8, 4) is 0 Å². The Morgan fingerprint density at radius 2 is 2.10 bits per heavy atom. The average Bonchev–Trinajstić information content (AvgIpc) is 2.95. The van der Waals surface area contributed by atoms with Gasteiger partial charge in [0.05, 0.1) is 6.20 Å². The third-order valence-corrected chi connectivity index (χ3v) is 6.19. The second-order valence-electron chi connectivity index (χ2n) is 5.36. The first-order valence-corrected chi connectivity index (χ1v) is 9.76. The maximum absolute atomic E-state index is 12.2. The molecular weight excluding hydrogens is 342 g/mol. The number of nitrogens with zero attached hydrogens (tertiary/aromatic N) is 1. The summed E-state index contributed by atoms with van der Waals surface area (Å²) in [5, 5.41) is 1.12. The number of hydrogen-bond donors (Lipinski definition) is 2. The molecule has 0 radical (unpaired) electrons. The van der Waals surface area contributed by atoms with E-state index in [1.807, 2.05) is 6.92 Å². The molecule has 5 nitrogen and oxygen atoms in total. The molecule has 1 aliphatic rings. The van der Waals surface area contributed by atoms with Crippen molar-refractivity contribution in [2.75, 3.05) is 11.9 Å². The van der Waals surface area contributed by atoms with E-state index in [-0.39, 0.29) is 5.03 Å². The van der Waals surface area contributed by atoms with Gasteiger partial charge >= 0.3 is 0 Å². The van der Waals surface area contributed by atoms with Gasteiger partial charge in [0.2, 0.25) is 0 Å². The van der Waals surface area contributed by atoms with Crippen molar-refractivity contribution in [2.45, 2.75) is 44.1 Å². The van der Waals surface area contributed by atoms with Crippen molar-refractivity contribution < 1.29 is 8.42 Å². The zero-order chi connectivity index (χ0) is 14.6. The van der Waals surface area contributed by atoms with Crippen molar-refractivity contribution in [1.82, 2.24) is 14.7 Å². The zero-order valence-electron chi connectivity index (χ0n) is 11.7. The van der Waals surface area contributed by atoms with E-state index < -0.39 is 10.0 Å². The van der Waals surface area contributed by atoms with E-state index >= 15 is 0 Å². The lowest BCUT2D eigenvalue weighted by molar-refractivity contribution is 0.263.